The fourth-order valence-electron chi connectivity index (χ4n) is 9.72. The molecule has 15 heteroatoms. The lowest BCUT2D eigenvalue weighted by Crippen LogP contribution is -2.61. The number of amides is 4. The number of rotatable bonds is 9. The quantitative estimate of drug-likeness (QED) is 0.303. The van der Waals surface area contributed by atoms with Gasteiger partial charge in [0.15, 0.2) is 0 Å². The lowest BCUT2D eigenvalue weighted by Gasteiger charge is -2.40. The standard InChI is InChI=1S/C41H53N5O9S/c1-4-54-30-9-12-33-25(19-30)13-14-42-37(33)55-31-20-34-36(47)43-41(39(49)44-56(52,53)32-10-11-32)21-28(41)8-6-5-7-23(2)15-24(3)35(38(48)45(34)22-31)46(40(50)51)29-17-26-16-27(26)18-29/h6,8-9,12-14,19,23-24,26-29,31-32,34-35H,4-5,7,10-11,15-18,20-22H2,1-3H3,(H,43,47)(H,44,49)(H,50,51)/b8-6-/t23-,24-,26+,27?,28-,29?,31-,34+,35+,41-/m1/s1. The fraction of sp³-hybridized carbons (Fsp3) is 0.634. The Kier molecular flexibility index (Phi) is 10.2. The van der Waals surface area contributed by atoms with Crippen LogP contribution in [0.15, 0.2) is 42.6 Å². The van der Waals surface area contributed by atoms with Gasteiger partial charge < -0.3 is 24.8 Å². The number of allylic oxidation sites excluding steroid dienone is 1. The van der Waals surface area contributed by atoms with Gasteiger partial charge in [0.05, 0.1) is 18.4 Å². The van der Waals surface area contributed by atoms with E-state index in [1.807, 2.05) is 50.3 Å². The topological polar surface area (TPSA) is 185 Å². The van der Waals surface area contributed by atoms with Crippen molar-refractivity contribution in [2.24, 2.45) is 29.6 Å². The molecular formula is C41H53N5O9S. The second-order valence-electron chi connectivity index (χ2n) is 17.2. The summed E-state index contributed by atoms with van der Waals surface area (Å²) in [4.78, 5) is 64.2. The maximum Gasteiger partial charge on any atom is 0.408 e. The van der Waals surface area contributed by atoms with Gasteiger partial charge >= 0.3 is 6.09 Å². The van der Waals surface area contributed by atoms with E-state index in [1.165, 1.54) is 9.80 Å². The number of pyridine rings is 1. The zero-order valence-corrected chi connectivity index (χ0v) is 33.1. The molecule has 4 saturated carbocycles. The Morgan fingerprint density at radius 1 is 1.07 bits per heavy atom. The summed E-state index contributed by atoms with van der Waals surface area (Å²) in [6, 6.07) is 4.92. The van der Waals surface area contributed by atoms with Crippen molar-refractivity contribution in [1.29, 1.82) is 0 Å². The number of hydrogen-bond acceptors (Lipinski definition) is 9. The number of carboxylic acid groups (broad SMARTS) is 1. The molecule has 0 bridgehead atoms. The summed E-state index contributed by atoms with van der Waals surface area (Å²) in [5.41, 5.74) is -1.52. The third-order valence-corrected chi connectivity index (χ3v) is 14.8. The molecule has 1 saturated heterocycles. The number of hydrogen-bond donors (Lipinski definition) is 3. The first-order valence-corrected chi connectivity index (χ1v) is 21.9. The molecule has 2 unspecified atom stereocenters. The number of carbonyl (C=O) groups is 4. The van der Waals surface area contributed by atoms with E-state index in [9.17, 15) is 27.9 Å². The van der Waals surface area contributed by atoms with Gasteiger partial charge in [0.1, 0.15) is 29.5 Å². The molecule has 1 aromatic heterocycles. The van der Waals surface area contributed by atoms with Crippen molar-refractivity contribution >= 4 is 44.6 Å². The largest absolute Gasteiger partial charge is 0.494 e. The molecule has 302 valence electrons. The highest BCUT2D eigenvalue weighted by Crippen LogP contribution is 2.54. The molecule has 5 fully saturated rings. The van der Waals surface area contributed by atoms with Crippen LogP contribution < -0.4 is 19.5 Å². The van der Waals surface area contributed by atoms with Crippen molar-refractivity contribution in [1.82, 2.24) is 24.8 Å². The van der Waals surface area contributed by atoms with Gasteiger partial charge in [-0.15, -0.1) is 0 Å². The van der Waals surface area contributed by atoms with Crippen molar-refractivity contribution in [3.8, 4) is 11.6 Å². The average Bonchev–Trinajstić information content (AvgIpc) is 4.11. The van der Waals surface area contributed by atoms with Gasteiger partial charge in [-0.3, -0.25) is 24.0 Å². The average molecular weight is 792 g/mol. The zero-order chi connectivity index (χ0) is 39.5. The zero-order valence-electron chi connectivity index (χ0n) is 32.3. The van der Waals surface area contributed by atoms with Crippen LogP contribution in [-0.4, -0.2) is 100 Å². The van der Waals surface area contributed by atoms with Crippen molar-refractivity contribution in [3.63, 3.8) is 0 Å². The Labute approximate surface area is 327 Å². The molecule has 8 rings (SSSR count). The SMILES string of the molecule is CCOc1ccc2c(O[C@@H]3C[C@H]4C(=O)N[C@]5(C(=O)NS(=O)(=O)C6CC6)C[C@H]5/C=C\CC[C@@H](C)C[C@@H](C)[C@H](N(C(=O)O)C5CC6C[C@H]6C5)C(=O)N4C3)nccc2c1. The summed E-state index contributed by atoms with van der Waals surface area (Å²) in [7, 11) is -3.91. The summed E-state index contributed by atoms with van der Waals surface area (Å²) in [5, 5.41) is 14.6. The predicted octanol–water partition coefficient (Wildman–Crippen LogP) is 4.62. The number of ether oxygens (including phenoxy) is 2. The Morgan fingerprint density at radius 2 is 1.84 bits per heavy atom. The number of nitrogens with zero attached hydrogens (tertiary/aromatic N) is 3. The van der Waals surface area contributed by atoms with E-state index in [0.29, 0.717) is 74.0 Å². The predicted molar refractivity (Wildman–Crippen MR) is 206 cm³/mol. The second kappa shape index (κ2) is 14.8. The number of carbonyl (C=O) groups excluding carboxylic acids is 3. The number of fused-ring (bicyclic) bond motifs is 4. The lowest BCUT2D eigenvalue weighted by atomic mass is 9.86. The van der Waals surface area contributed by atoms with E-state index in [-0.39, 0.29) is 37.3 Å². The van der Waals surface area contributed by atoms with Crippen molar-refractivity contribution < 1.29 is 42.2 Å². The Morgan fingerprint density at radius 3 is 2.55 bits per heavy atom. The van der Waals surface area contributed by atoms with Gasteiger partial charge in [0.2, 0.25) is 27.7 Å². The number of nitrogens with one attached hydrogen (secondary N) is 2. The monoisotopic (exact) mass is 791 g/mol. The van der Waals surface area contributed by atoms with Crippen LogP contribution in [0.4, 0.5) is 4.79 Å². The minimum atomic E-state index is -3.91. The second-order valence-corrected chi connectivity index (χ2v) is 19.2. The van der Waals surface area contributed by atoms with Gasteiger partial charge in [-0.2, -0.15) is 0 Å². The lowest BCUT2D eigenvalue weighted by molar-refractivity contribution is -0.145. The molecule has 10 atom stereocenters. The molecule has 6 aliphatic rings. The van der Waals surface area contributed by atoms with Crippen LogP contribution in [0.2, 0.25) is 0 Å². The van der Waals surface area contributed by atoms with Crippen LogP contribution in [0.1, 0.15) is 85.0 Å². The third kappa shape index (κ3) is 7.55. The van der Waals surface area contributed by atoms with E-state index in [1.54, 1.807) is 6.20 Å². The molecule has 4 amide bonds. The first kappa shape index (κ1) is 38.5. The number of aromatic nitrogens is 1. The van der Waals surface area contributed by atoms with Crippen LogP contribution in [0, 0.1) is 29.6 Å². The minimum absolute atomic E-state index is 0.0211. The summed E-state index contributed by atoms with van der Waals surface area (Å²) < 4.78 is 40.3. The van der Waals surface area contributed by atoms with Gasteiger partial charge in [0, 0.05) is 30.0 Å². The van der Waals surface area contributed by atoms with Crippen molar-refractivity contribution in [2.75, 3.05) is 13.2 Å². The molecule has 1 aromatic carbocycles. The molecule has 3 heterocycles. The molecule has 2 aliphatic heterocycles. The number of sulfonamides is 1. The van der Waals surface area contributed by atoms with Crippen LogP contribution in [0.5, 0.6) is 11.6 Å². The van der Waals surface area contributed by atoms with E-state index >= 15 is 4.79 Å². The van der Waals surface area contributed by atoms with Crippen LogP contribution in [0.3, 0.4) is 0 Å². The molecule has 4 aliphatic carbocycles. The summed E-state index contributed by atoms with van der Waals surface area (Å²) in [6.45, 7) is 6.42. The summed E-state index contributed by atoms with van der Waals surface area (Å²) in [6.07, 6.45) is 9.35. The normalized spacial score (nSPS) is 34.8. The van der Waals surface area contributed by atoms with Crippen molar-refractivity contribution in [3.05, 3.63) is 42.6 Å². The van der Waals surface area contributed by atoms with Crippen molar-refractivity contribution in [2.45, 2.75) is 120 Å². The van der Waals surface area contributed by atoms with Crippen LogP contribution in [0.25, 0.3) is 10.8 Å². The van der Waals surface area contributed by atoms with E-state index in [2.05, 4.69) is 21.9 Å². The van der Waals surface area contributed by atoms with Crippen LogP contribution in [-0.2, 0) is 24.4 Å². The molecule has 14 nitrogen and oxygen atoms in total. The Bertz CT molecular complexity index is 2030. The van der Waals surface area contributed by atoms with E-state index in [4.69, 9.17) is 9.47 Å². The summed E-state index contributed by atoms with van der Waals surface area (Å²) >= 11 is 0. The highest BCUT2D eigenvalue weighted by atomic mass is 32.2. The van der Waals surface area contributed by atoms with Gasteiger partial charge in [-0.1, -0.05) is 26.0 Å². The molecule has 0 radical (unpaired) electrons. The number of benzene rings is 1. The molecule has 3 N–H and O–H groups in total. The maximum absolute atomic E-state index is 15.2. The fourth-order valence-corrected chi connectivity index (χ4v) is 11.1. The molecule has 2 aromatic rings. The van der Waals surface area contributed by atoms with E-state index in [0.717, 1.165) is 18.2 Å². The first-order valence-electron chi connectivity index (χ1n) is 20.3. The molecule has 56 heavy (non-hydrogen) atoms. The third-order valence-electron chi connectivity index (χ3n) is 13.0. The van der Waals surface area contributed by atoms with Gasteiger partial charge in [0.25, 0.3) is 5.91 Å². The van der Waals surface area contributed by atoms with Gasteiger partial charge in [-0.05, 0) is 118 Å². The Balaban J connectivity index is 1.14. The molecule has 0 spiro atoms. The van der Waals surface area contributed by atoms with Gasteiger partial charge in [-0.25, -0.2) is 18.2 Å². The smallest absolute Gasteiger partial charge is 0.408 e. The minimum Gasteiger partial charge on any atom is -0.494 e. The van der Waals surface area contributed by atoms with E-state index < -0.39 is 68.7 Å². The maximum atomic E-state index is 15.2. The summed E-state index contributed by atoms with van der Waals surface area (Å²) in [5.74, 6) is -0.587. The molecular weight excluding hydrogens is 739 g/mol. The Hall–Kier alpha value is -4.40. The first-order chi connectivity index (χ1) is 26.8. The highest BCUT2D eigenvalue weighted by Gasteiger charge is 2.62. The van der Waals surface area contributed by atoms with Crippen LogP contribution >= 0.6 is 0 Å². The highest BCUT2D eigenvalue weighted by molar-refractivity contribution is 7.91.